The fourth-order valence-electron chi connectivity index (χ4n) is 1.93. The van der Waals surface area contributed by atoms with Gasteiger partial charge in [0.25, 0.3) is 0 Å². The standard InChI is InChI=1S/C14H19N3O2/c1-4-17-13(5-6-16-17)14(18)11-7-12(9-15-8-11)19-10(2)3/h5-10,14,18H,4H2,1-3H3. The lowest BCUT2D eigenvalue weighted by molar-refractivity contribution is 0.204. The van der Waals surface area contributed by atoms with Crippen molar-refractivity contribution in [2.24, 2.45) is 0 Å². The Hall–Kier alpha value is -1.88. The largest absolute Gasteiger partial charge is 0.489 e. The van der Waals surface area contributed by atoms with Crippen molar-refractivity contribution < 1.29 is 9.84 Å². The van der Waals surface area contributed by atoms with E-state index >= 15 is 0 Å². The number of pyridine rings is 1. The molecule has 0 aliphatic carbocycles. The van der Waals surface area contributed by atoms with Gasteiger partial charge in [0.15, 0.2) is 0 Å². The van der Waals surface area contributed by atoms with E-state index in [1.807, 2.05) is 32.9 Å². The number of nitrogens with zero attached hydrogens (tertiary/aromatic N) is 3. The second-order valence-corrected chi connectivity index (χ2v) is 4.59. The first-order valence-electron chi connectivity index (χ1n) is 6.43. The van der Waals surface area contributed by atoms with Crippen molar-refractivity contribution in [3.05, 3.63) is 42.0 Å². The Balaban J connectivity index is 2.26. The average molecular weight is 261 g/mol. The van der Waals surface area contributed by atoms with Crippen LogP contribution in [0, 0.1) is 0 Å². The van der Waals surface area contributed by atoms with Crippen LogP contribution in [0.5, 0.6) is 5.75 Å². The summed E-state index contributed by atoms with van der Waals surface area (Å²) >= 11 is 0. The Bertz CT molecular complexity index is 537. The van der Waals surface area contributed by atoms with Crippen LogP contribution in [0.25, 0.3) is 0 Å². The van der Waals surface area contributed by atoms with Crippen LogP contribution in [-0.4, -0.2) is 26.0 Å². The van der Waals surface area contributed by atoms with Crippen molar-refractivity contribution in [2.45, 2.75) is 39.5 Å². The molecule has 0 aliphatic rings. The minimum absolute atomic E-state index is 0.0790. The number of rotatable bonds is 5. The van der Waals surface area contributed by atoms with Crippen molar-refractivity contribution in [1.29, 1.82) is 0 Å². The van der Waals surface area contributed by atoms with Gasteiger partial charge in [0.1, 0.15) is 11.9 Å². The Kier molecular flexibility index (Phi) is 4.16. The lowest BCUT2D eigenvalue weighted by atomic mass is 10.1. The third kappa shape index (κ3) is 3.12. The van der Waals surface area contributed by atoms with Crippen molar-refractivity contribution in [3.8, 4) is 5.75 Å². The van der Waals surface area contributed by atoms with Crippen molar-refractivity contribution in [1.82, 2.24) is 14.8 Å². The molecule has 102 valence electrons. The maximum Gasteiger partial charge on any atom is 0.138 e. The molecule has 0 saturated heterocycles. The van der Waals surface area contributed by atoms with Crippen LogP contribution in [0.15, 0.2) is 30.7 Å². The highest BCUT2D eigenvalue weighted by Crippen LogP contribution is 2.24. The molecule has 1 N–H and O–H groups in total. The minimum atomic E-state index is -0.745. The molecule has 2 rings (SSSR count). The summed E-state index contributed by atoms with van der Waals surface area (Å²) in [6.45, 7) is 6.61. The topological polar surface area (TPSA) is 60.2 Å². The Morgan fingerprint density at radius 2 is 2.16 bits per heavy atom. The first kappa shape index (κ1) is 13.5. The summed E-state index contributed by atoms with van der Waals surface area (Å²) in [6, 6.07) is 3.62. The molecule has 0 amide bonds. The van der Waals surface area contributed by atoms with E-state index in [-0.39, 0.29) is 6.10 Å². The summed E-state index contributed by atoms with van der Waals surface area (Å²) < 4.78 is 7.35. The molecule has 0 fully saturated rings. The monoisotopic (exact) mass is 261 g/mol. The smallest absolute Gasteiger partial charge is 0.138 e. The molecule has 5 nitrogen and oxygen atoms in total. The number of hydrogen-bond acceptors (Lipinski definition) is 4. The number of ether oxygens (including phenoxy) is 1. The molecule has 1 unspecified atom stereocenters. The van der Waals surface area contributed by atoms with Gasteiger partial charge in [-0.05, 0) is 32.9 Å². The van der Waals surface area contributed by atoms with Crippen LogP contribution in [0.1, 0.15) is 38.1 Å². The van der Waals surface area contributed by atoms with E-state index in [1.165, 1.54) is 0 Å². The fourth-order valence-corrected chi connectivity index (χ4v) is 1.93. The van der Waals surface area contributed by atoms with Gasteiger partial charge in [0.2, 0.25) is 0 Å². The minimum Gasteiger partial charge on any atom is -0.489 e. The van der Waals surface area contributed by atoms with Crippen LogP contribution in [0.4, 0.5) is 0 Å². The van der Waals surface area contributed by atoms with E-state index in [0.717, 1.165) is 12.2 Å². The molecule has 0 saturated carbocycles. The summed E-state index contributed by atoms with van der Waals surface area (Å²) in [5.41, 5.74) is 1.46. The molecule has 0 bridgehead atoms. The lowest BCUT2D eigenvalue weighted by Crippen LogP contribution is -2.10. The van der Waals surface area contributed by atoms with Gasteiger partial charge in [-0.1, -0.05) is 0 Å². The third-order valence-corrected chi connectivity index (χ3v) is 2.75. The molecule has 2 aromatic heterocycles. The third-order valence-electron chi connectivity index (χ3n) is 2.75. The predicted molar refractivity (Wildman–Crippen MR) is 72.0 cm³/mol. The van der Waals surface area contributed by atoms with E-state index in [4.69, 9.17) is 4.74 Å². The number of aromatic nitrogens is 3. The molecule has 2 aromatic rings. The maximum absolute atomic E-state index is 10.4. The van der Waals surface area contributed by atoms with E-state index in [1.54, 1.807) is 23.3 Å². The van der Waals surface area contributed by atoms with Crippen LogP contribution in [-0.2, 0) is 6.54 Å². The lowest BCUT2D eigenvalue weighted by Gasteiger charge is -2.14. The molecular weight excluding hydrogens is 242 g/mol. The van der Waals surface area contributed by atoms with Crippen molar-refractivity contribution in [2.75, 3.05) is 0 Å². The van der Waals surface area contributed by atoms with Crippen molar-refractivity contribution in [3.63, 3.8) is 0 Å². The van der Waals surface area contributed by atoms with Gasteiger partial charge < -0.3 is 9.84 Å². The van der Waals surface area contributed by atoms with E-state index in [0.29, 0.717) is 11.3 Å². The zero-order valence-corrected chi connectivity index (χ0v) is 11.4. The van der Waals surface area contributed by atoms with Gasteiger partial charge >= 0.3 is 0 Å². The van der Waals surface area contributed by atoms with Crippen LogP contribution in [0.3, 0.4) is 0 Å². The Morgan fingerprint density at radius 1 is 1.37 bits per heavy atom. The summed E-state index contributed by atoms with van der Waals surface area (Å²) in [7, 11) is 0. The van der Waals surface area contributed by atoms with E-state index in [9.17, 15) is 5.11 Å². The Morgan fingerprint density at radius 3 is 2.84 bits per heavy atom. The predicted octanol–water partition coefficient (Wildman–Crippen LogP) is 2.17. The quantitative estimate of drug-likeness (QED) is 0.896. The second kappa shape index (κ2) is 5.84. The molecule has 19 heavy (non-hydrogen) atoms. The van der Waals surface area contributed by atoms with Crippen molar-refractivity contribution >= 4 is 0 Å². The van der Waals surface area contributed by atoms with Crippen LogP contribution < -0.4 is 4.74 Å². The van der Waals surface area contributed by atoms with Crippen LogP contribution in [0.2, 0.25) is 0 Å². The van der Waals surface area contributed by atoms with E-state index < -0.39 is 6.10 Å². The first-order chi connectivity index (χ1) is 9.11. The highest BCUT2D eigenvalue weighted by molar-refractivity contribution is 5.29. The summed E-state index contributed by atoms with van der Waals surface area (Å²) in [4.78, 5) is 4.11. The molecule has 5 heteroatoms. The highest BCUT2D eigenvalue weighted by atomic mass is 16.5. The number of aliphatic hydroxyl groups is 1. The molecule has 0 aromatic carbocycles. The first-order valence-corrected chi connectivity index (χ1v) is 6.43. The van der Waals surface area contributed by atoms with Crippen LogP contribution >= 0.6 is 0 Å². The summed E-state index contributed by atoms with van der Waals surface area (Å²) in [5.74, 6) is 0.661. The molecular formula is C14H19N3O2. The fraction of sp³-hybridized carbons (Fsp3) is 0.429. The number of hydrogen-bond donors (Lipinski definition) is 1. The number of aliphatic hydroxyl groups excluding tert-OH is 1. The van der Waals surface area contributed by atoms with Gasteiger partial charge in [0.05, 0.1) is 18.0 Å². The molecule has 0 aliphatic heterocycles. The molecule has 0 spiro atoms. The zero-order valence-electron chi connectivity index (χ0n) is 11.4. The normalized spacial score (nSPS) is 12.7. The van der Waals surface area contributed by atoms with Gasteiger partial charge in [-0.15, -0.1) is 0 Å². The van der Waals surface area contributed by atoms with Gasteiger partial charge in [-0.2, -0.15) is 5.10 Å². The maximum atomic E-state index is 10.4. The van der Waals surface area contributed by atoms with E-state index in [2.05, 4.69) is 10.1 Å². The summed E-state index contributed by atoms with van der Waals surface area (Å²) in [6.07, 6.45) is 4.31. The van der Waals surface area contributed by atoms with Gasteiger partial charge in [0, 0.05) is 24.5 Å². The molecule has 0 radical (unpaired) electrons. The van der Waals surface area contributed by atoms with Gasteiger partial charge in [-0.25, -0.2) is 0 Å². The molecule has 1 atom stereocenters. The second-order valence-electron chi connectivity index (χ2n) is 4.59. The highest BCUT2D eigenvalue weighted by Gasteiger charge is 2.16. The number of aryl methyl sites for hydroxylation is 1. The van der Waals surface area contributed by atoms with Gasteiger partial charge in [-0.3, -0.25) is 9.67 Å². The SMILES string of the molecule is CCn1nccc1C(O)c1cncc(OC(C)C)c1. The average Bonchev–Trinajstić information content (AvgIpc) is 2.85. The summed E-state index contributed by atoms with van der Waals surface area (Å²) in [5, 5.41) is 14.6. The zero-order chi connectivity index (χ0) is 13.8. The Labute approximate surface area is 112 Å². The molecule has 2 heterocycles.